The van der Waals surface area contributed by atoms with Crippen molar-refractivity contribution in [3.8, 4) is 0 Å². The van der Waals surface area contributed by atoms with Gasteiger partial charge in [0.25, 0.3) is 0 Å². The van der Waals surface area contributed by atoms with Crippen LogP contribution < -0.4 is 0 Å². The van der Waals surface area contributed by atoms with E-state index in [1.54, 1.807) is 13.3 Å². The highest BCUT2D eigenvalue weighted by Gasteiger charge is 1.98. The summed E-state index contributed by atoms with van der Waals surface area (Å²) in [5, 5.41) is 0. The molecule has 0 aliphatic carbocycles. The lowest BCUT2D eigenvalue weighted by Crippen LogP contribution is -2.03. The summed E-state index contributed by atoms with van der Waals surface area (Å²) in [5.41, 5.74) is 0. The molecule has 0 saturated heterocycles. The first kappa shape index (κ1) is 8.34. The van der Waals surface area contributed by atoms with E-state index in [0.29, 0.717) is 5.92 Å². The first-order valence-corrected chi connectivity index (χ1v) is 3.17. The van der Waals surface area contributed by atoms with E-state index in [4.69, 9.17) is 0 Å². The first-order chi connectivity index (χ1) is 4.22. The summed E-state index contributed by atoms with van der Waals surface area (Å²) >= 11 is 0. The molecule has 0 spiro atoms. The minimum atomic E-state index is 0.436. The van der Waals surface area contributed by atoms with Crippen molar-refractivity contribution >= 4 is 12.1 Å². The number of rotatable bonds is 1. The van der Waals surface area contributed by atoms with Gasteiger partial charge in [-0.25, -0.2) is 4.99 Å². The Morgan fingerprint density at radius 2 is 2.00 bits per heavy atom. The van der Waals surface area contributed by atoms with E-state index in [2.05, 4.69) is 23.8 Å². The molecule has 52 valence electrons. The SMILES string of the molecule is C/C=N\C(=N/C)C(C)C. The lowest BCUT2D eigenvalue weighted by molar-refractivity contribution is 0.870. The largest absolute Gasteiger partial charge is 0.274 e. The standard InChI is InChI=1S/C7H14N2/c1-5-9-7(8-4)6(2)3/h5-6H,1-4H3/b8-7-,9-5-. The van der Waals surface area contributed by atoms with Crippen LogP contribution in [-0.2, 0) is 0 Å². The quantitative estimate of drug-likeness (QED) is 0.378. The zero-order chi connectivity index (χ0) is 7.28. The summed E-state index contributed by atoms with van der Waals surface area (Å²) in [6, 6.07) is 0. The highest BCUT2D eigenvalue weighted by Crippen LogP contribution is 1.96. The average Bonchev–Trinajstić information content (AvgIpc) is 1.82. The molecule has 0 amide bonds. The maximum Gasteiger partial charge on any atom is 0.125 e. The third-order valence-corrected chi connectivity index (χ3v) is 1.01. The van der Waals surface area contributed by atoms with Gasteiger partial charge in [-0.3, -0.25) is 4.99 Å². The molecule has 0 radical (unpaired) electrons. The van der Waals surface area contributed by atoms with Crippen molar-refractivity contribution in [3.63, 3.8) is 0 Å². The molecule has 9 heavy (non-hydrogen) atoms. The molecular formula is C7H14N2. The van der Waals surface area contributed by atoms with Gasteiger partial charge in [-0.1, -0.05) is 13.8 Å². The lowest BCUT2D eigenvalue weighted by Gasteiger charge is -2.00. The fourth-order valence-corrected chi connectivity index (χ4v) is 0.597. The number of hydrogen-bond donors (Lipinski definition) is 0. The second-order valence-corrected chi connectivity index (χ2v) is 2.12. The molecule has 0 atom stereocenters. The average molecular weight is 126 g/mol. The molecule has 0 rings (SSSR count). The zero-order valence-corrected chi connectivity index (χ0v) is 6.55. The maximum atomic E-state index is 4.07. The van der Waals surface area contributed by atoms with Gasteiger partial charge in [0.2, 0.25) is 0 Å². The Balaban J connectivity index is 4.01. The molecular weight excluding hydrogens is 112 g/mol. The van der Waals surface area contributed by atoms with Crippen LogP contribution in [0.15, 0.2) is 9.98 Å². The molecule has 0 aromatic heterocycles. The van der Waals surface area contributed by atoms with Crippen LogP contribution in [0.2, 0.25) is 0 Å². The molecule has 0 N–H and O–H groups in total. The Kier molecular flexibility index (Phi) is 3.93. The van der Waals surface area contributed by atoms with Gasteiger partial charge in [0.15, 0.2) is 0 Å². The van der Waals surface area contributed by atoms with Gasteiger partial charge in [-0.05, 0) is 6.92 Å². The minimum absolute atomic E-state index is 0.436. The van der Waals surface area contributed by atoms with Gasteiger partial charge >= 0.3 is 0 Å². The summed E-state index contributed by atoms with van der Waals surface area (Å²) in [4.78, 5) is 8.06. The number of aliphatic imine (C=N–C) groups is 2. The maximum absolute atomic E-state index is 4.07. The first-order valence-electron chi connectivity index (χ1n) is 3.17. The second kappa shape index (κ2) is 4.24. The van der Waals surface area contributed by atoms with E-state index in [1.165, 1.54) is 0 Å². The van der Waals surface area contributed by atoms with Gasteiger partial charge in [-0.2, -0.15) is 0 Å². The summed E-state index contributed by atoms with van der Waals surface area (Å²) in [6.45, 7) is 6.05. The van der Waals surface area contributed by atoms with E-state index in [1.807, 2.05) is 6.92 Å². The van der Waals surface area contributed by atoms with Crippen molar-refractivity contribution in [2.75, 3.05) is 7.05 Å². The predicted octanol–water partition coefficient (Wildman–Crippen LogP) is 1.76. The molecule has 0 bridgehead atoms. The van der Waals surface area contributed by atoms with E-state index < -0.39 is 0 Å². The molecule has 0 heterocycles. The van der Waals surface area contributed by atoms with Crippen LogP contribution in [0.4, 0.5) is 0 Å². The Labute approximate surface area is 56.7 Å². The third kappa shape index (κ3) is 3.01. The molecule has 0 unspecified atom stereocenters. The molecule has 0 aliphatic heterocycles. The fraction of sp³-hybridized carbons (Fsp3) is 0.714. The van der Waals surface area contributed by atoms with E-state index in [0.717, 1.165) is 5.84 Å². The molecule has 2 heteroatoms. The van der Waals surface area contributed by atoms with Crippen molar-refractivity contribution in [3.05, 3.63) is 0 Å². The number of nitrogens with zero attached hydrogens (tertiary/aromatic N) is 2. The Bertz CT molecular complexity index is 123. The second-order valence-electron chi connectivity index (χ2n) is 2.12. The predicted molar refractivity (Wildman–Crippen MR) is 42.4 cm³/mol. The molecule has 2 nitrogen and oxygen atoms in total. The van der Waals surface area contributed by atoms with Crippen molar-refractivity contribution in [2.24, 2.45) is 15.9 Å². The number of amidine groups is 1. The highest BCUT2D eigenvalue weighted by atomic mass is 14.9. The van der Waals surface area contributed by atoms with Crippen LogP contribution in [0.3, 0.4) is 0 Å². The van der Waals surface area contributed by atoms with E-state index in [9.17, 15) is 0 Å². The third-order valence-electron chi connectivity index (χ3n) is 1.01. The van der Waals surface area contributed by atoms with Crippen molar-refractivity contribution in [1.82, 2.24) is 0 Å². The lowest BCUT2D eigenvalue weighted by atomic mass is 10.2. The summed E-state index contributed by atoms with van der Waals surface area (Å²) < 4.78 is 0. The van der Waals surface area contributed by atoms with E-state index in [-0.39, 0.29) is 0 Å². The Morgan fingerprint density at radius 1 is 1.44 bits per heavy atom. The van der Waals surface area contributed by atoms with Crippen molar-refractivity contribution in [2.45, 2.75) is 20.8 Å². The Hall–Kier alpha value is -0.660. The zero-order valence-electron chi connectivity index (χ0n) is 6.55. The van der Waals surface area contributed by atoms with Gasteiger partial charge in [0.1, 0.15) is 5.84 Å². The summed E-state index contributed by atoms with van der Waals surface area (Å²) in [5.74, 6) is 1.35. The van der Waals surface area contributed by atoms with Crippen LogP contribution in [0.25, 0.3) is 0 Å². The normalized spacial score (nSPS) is 13.7. The number of hydrogen-bond acceptors (Lipinski definition) is 1. The minimum Gasteiger partial charge on any atom is -0.274 e. The molecule has 0 aliphatic rings. The molecule has 0 fully saturated rings. The fourth-order valence-electron chi connectivity index (χ4n) is 0.597. The van der Waals surface area contributed by atoms with Crippen LogP contribution in [0, 0.1) is 5.92 Å². The van der Waals surface area contributed by atoms with Crippen LogP contribution in [-0.4, -0.2) is 19.1 Å². The molecule has 0 aromatic carbocycles. The van der Waals surface area contributed by atoms with Gasteiger partial charge < -0.3 is 0 Å². The van der Waals surface area contributed by atoms with Gasteiger partial charge in [-0.15, -0.1) is 0 Å². The Morgan fingerprint density at radius 3 is 2.11 bits per heavy atom. The molecule has 0 saturated carbocycles. The summed E-state index contributed by atoms with van der Waals surface area (Å²) in [6.07, 6.45) is 1.77. The van der Waals surface area contributed by atoms with Gasteiger partial charge in [0, 0.05) is 19.2 Å². The van der Waals surface area contributed by atoms with Gasteiger partial charge in [0.05, 0.1) is 0 Å². The van der Waals surface area contributed by atoms with E-state index >= 15 is 0 Å². The van der Waals surface area contributed by atoms with Crippen LogP contribution >= 0.6 is 0 Å². The van der Waals surface area contributed by atoms with Crippen molar-refractivity contribution < 1.29 is 0 Å². The smallest absolute Gasteiger partial charge is 0.125 e. The van der Waals surface area contributed by atoms with Crippen molar-refractivity contribution in [1.29, 1.82) is 0 Å². The van der Waals surface area contributed by atoms with Crippen LogP contribution in [0.1, 0.15) is 20.8 Å². The summed E-state index contributed by atoms with van der Waals surface area (Å²) in [7, 11) is 1.77. The molecule has 0 aromatic rings. The highest BCUT2D eigenvalue weighted by molar-refractivity contribution is 5.90. The topological polar surface area (TPSA) is 24.7 Å². The monoisotopic (exact) mass is 126 g/mol. The van der Waals surface area contributed by atoms with Crippen LogP contribution in [0.5, 0.6) is 0 Å².